The van der Waals surface area contributed by atoms with Crippen LogP contribution in [0.2, 0.25) is 0 Å². The highest BCUT2D eigenvalue weighted by molar-refractivity contribution is 6.26. The molecule has 1 atom stereocenters. The van der Waals surface area contributed by atoms with E-state index >= 15 is 0 Å². The van der Waals surface area contributed by atoms with Gasteiger partial charge in [0.25, 0.3) is 0 Å². The van der Waals surface area contributed by atoms with E-state index in [-0.39, 0.29) is 23.4 Å². The summed E-state index contributed by atoms with van der Waals surface area (Å²) >= 11 is 0. The molecule has 0 saturated carbocycles. The van der Waals surface area contributed by atoms with Crippen molar-refractivity contribution < 1.29 is 14.3 Å². The van der Waals surface area contributed by atoms with Crippen molar-refractivity contribution in [3.63, 3.8) is 0 Å². The molecule has 25 heavy (non-hydrogen) atoms. The Bertz CT molecular complexity index is 896. The highest BCUT2D eigenvalue weighted by Crippen LogP contribution is 2.39. The van der Waals surface area contributed by atoms with Crippen LogP contribution < -0.4 is 5.32 Å². The van der Waals surface area contributed by atoms with Gasteiger partial charge in [-0.15, -0.1) is 0 Å². The number of ether oxygens (including phenoxy) is 1. The number of Topliss-reactive ketones (excluding diaryl/α,β-unsaturated/α-hetero) is 2. The predicted octanol–water partition coefficient (Wildman–Crippen LogP) is 4.00. The lowest BCUT2D eigenvalue weighted by atomic mass is 9.79. The third-order valence-corrected chi connectivity index (χ3v) is 4.65. The van der Waals surface area contributed by atoms with E-state index in [1.54, 1.807) is 24.3 Å². The van der Waals surface area contributed by atoms with Gasteiger partial charge in [-0.2, -0.15) is 0 Å². The third-order valence-electron chi connectivity index (χ3n) is 4.65. The van der Waals surface area contributed by atoms with Gasteiger partial charge in [-0.1, -0.05) is 42.5 Å². The summed E-state index contributed by atoms with van der Waals surface area (Å²) in [6.45, 7) is 3.88. The zero-order chi connectivity index (χ0) is 17.6. The summed E-state index contributed by atoms with van der Waals surface area (Å²) in [6.07, 6.45) is 0.599. The zero-order valence-electron chi connectivity index (χ0n) is 14.2. The van der Waals surface area contributed by atoms with Crippen LogP contribution >= 0.6 is 0 Å². The van der Waals surface area contributed by atoms with Gasteiger partial charge in [0.2, 0.25) is 5.78 Å². The lowest BCUT2D eigenvalue weighted by Gasteiger charge is -2.40. The second-order valence-electron chi connectivity index (χ2n) is 7.08. The van der Waals surface area contributed by atoms with Crippen molar-refractivity contribution in [2.45, 2.75) is 31.9 Å². The monoisotopic (exact) mass is 333 g/mol. The van der Waals surface area contributed by atoms with Crippen LogP contribution in [-0.4, -0.2) is 23.2 Å². The van der Waals surface area contributed by atoms with Gasteiger partial charge in [0.05, 0.1) is 11.6 Å². The van der Waals surface area contributed by atoms with E-state index in [4.69, 9.17) is 4.74 Å². The smallest absolute Gasteiger partial charge is 0.228 e. The second kappa shape index (κ2) is 5.59. The maximum absolute atomic E-state index is 13.1. The van der Waals surface area contributed by atoms with Gasteiger partial charge in [0.1, 0.15) is 5.60 Å². The van der Waals surface area contributed by atoms with Crippen molar-refractivity contribution in [3.05, 3.63) is 77.1 Å². The maximum Gasteiger partial charge on any atom is 0.228 e. The molecule has 1 aliphatic carbocycles. The number of para-hydroxylation sites is 1. The Labute approximate surface area is 146 Å². The minimum atomic E-state index is -0.534. The van der Waals surface area contributed by atoms with Crippen molar-refractivity contribution in [2.24, 2.45) is 0 Å². The van der Waals surface area contributed by atoms with Crippen molar-refractivity contribution >= 4 is 17.3 Å². The van der Waals surface area contributed by atoms with E-state index in [0.717, 1.165) is 5.69 Å². The highest BCUT2D eigenvalue weighted by Gasteiger charge is 2.45. The van der Waals surface area contributed by atoms with Gasteiger partial charge in [-0.25, -0.2) is 0 Å². The molecule has 0 bridgehead atoms. The SMILES string of the molecule is CC1(C)CC(Nc2ccccc2)C2=C(O1)C(=O)c1ccccc1C2=O. The minimum absolute atomic E-state index is 0.130. The molecule has 0 amide bonds. The number of allylic oxidation sites excluding steroid dienone is 1. The van der Waals surface area contributed by atoms with E-state index in [9.17, 15) is 9.59 Å². The number of nitrogens with one attached hydrogen (secondary N) is 1. The molecule has 2 aromatic rings. The Balaban J connectivity index is 1.82. The first kappa shape index (κ1) is 15.6. The lowest BCUT2D eigenvalue weighted by Crippen LogP contribution is -2.45. The minimum Gasteiger partial charge on any atom is -0.483 e. The van der Waals surface area contributed by atoms with Crippen LogP contribution in [0.1, 0.15) is 41.0 Å². The largest absolute Gasteiger partial charge is 0.483 e. The number of anilines is 1. The fraction of sp³-hybridized carbons (Fsp3) is 0.238. The van der Waals surface area contributed by atoms with Gasteiger partial charge in [0.15, 0.2) is 11.5 Å². The summed E-state index contributed by atoms with van der Waals surface area (Å²) in [5.74, 6) is -0.152. The molecule has 4 heteroatoms. The van der Waals surface area contributed by atoms with Gasteiger partial charge in [-0.05, 0) is 26.0 Å². The summed E-state index contributed by atoms with van der Waals surface area (Å²) in [7, 11) is 0. The van der Waals surface area contributed by atoms with E-state index in [2.05, 4.69) is 5.32 Å². The Hall–Kier alpha value is -2.88. The molecule has 2 aromatic carbocycles. The summed E-state index contributed by atoms with van der Waals surface area (Å²) < 4.78 is 5.95. The first-order valence-corrected chi connectivity index (χ1v) is 8.39. The Morgan fingerprint density at radius 1 is 0.920 bits per heavy atom. The Morgan fingerprint density at radius 3 is 2.20 bits per heavy atom. The fourth-order valence-electron chi connectivity index (χ4n) is 3.56. The topological polar surface area (TPSA) is 55.4 Å². The highest BCUT2D eigenvalue weighted by atomic mass is 16.5. The third kappa shape index (κ3) is 2.64. The first-order valence-electron chi connectivity index (χ1n) is 8.39. The number of carbonyl (C=O) groups is 2. The molecule has 1 heterocycles. The van der Waals surface area contributed by atoms with Crippen LogP contribution in [0.15, 0.2) is 65.9 Å². The molecule has 0 fully saturated rings. The van der Waals surface area contributed by atoms with Gasteiger partial charge >= 0.3 is 0 Å². The number of hydrogen-bond donors (Lipinski definition) is 1. The number of benzene rings is 2. The van der Waals surface area contributed by atoms with Crippen LogP contribution in [-0.2, 0) is 4.74 Å². The molecule has 2 aliphatic rings. The zero-order valence-corrected chi connectivity index (χ0v) is 14.2. The van der Waals surface area contributed by atoms with Crippen LogP contribution in [0, 0.1) is 0 Å². The summed E-state index contributed by atoms with van der Waals surface area (Å²) in [5.41, 5.74) is 1.69. The molecule has 1 unspecified atom stereocenters. The van der Waals surface area contributed by atoms with Crippen molar-refractivity contribution in [1.29, 1.82) is 0 Å². The van der Waals surface area contributed by atoms with Crippen LogP contribution in [0.4, 0.5) is 5.69 Å². The molecule has 4 nitrogen and oxygen atoms in total. The summed E-state index contributed by atoms with van der Waals surface area (Å²) in [6, 6.07) is 16.4. The molecular formula is C21H19NO3. The number of hydrogen-bond acceptors (Lipinski definition) is 4. The standard InChI is InChI=1S/C21H19NO3/c1-21(2)12-16(22-13-8-4-3-5-9-13)17-18(23)14-10-6-7-11-15(14)19(24)20(17)25-21/h3-11,16,22H,12H2,1-2H3. The summed E-state index contributed by atoms with van der Waals surface area (Å²) in [4.78, 5) is 26.0. The average molecular weight is 333 g/mol. The van der Waals surface area contributed by atoms with E-state index in [1.807, 2.05) is 44.2 Å². The number of fused-ring (bicyclic) bond motifs is 1. The molecule has 4 rings (SSSR count). The Kier molecular flexibility index (Phi) is 3.49. The van der Waals surface area contributed by atoms with Gasteiger partial charge in [0, 0.05) is 23.2 Å². The van der Waals surface area contributed by atoms with E-state index in [0.29, 0.717) is 23.1 Å². The molecule has 126 valence electrons. The molecule has 0 radical (unpaired) electrons. The average Bonchev–Trinajstić information content (AvgIpc) is 2.59. The van der Waals surface area contributed by atoms with E-state index in [1.165, 1.54) is 0 Å². The van der Waals surface area contributed by atoms with Crippen LogP contribution in [0.3, 0.4) is 0 Å². The lowest BCUT2D eigenvalue weighted by molar-refractivity contribution is 0.00750. The molecule has 1 N–H and O–H groups in total. The normalized spacial score (nSPS) is 21.3. The van der Waals surface area contributed by atoms with Crippen LogP contribution in [0.5, 0.6) is 0 Å². The van der Waals surface area contributed by atoms with Gasteiger partial charge < -0.3 is 10.1 Å². The maximum atomic E-state index is 13.1. The number of carbonyl (C=O) groups excluding carboxylic acids is 2. The second-order valence-corrected chi connectivity index (χ2v) is 7.08. The quantitative estimate of drug-likeness (QED) is 0.902. The van der Waals surface area contributed by atoms with Crippen molar-refractivity contribution in [3.8, 4) is 0 Å². The van der Waals surface area contributed by atoms with Crippen LogP contribution in [0.25, 0.3) is 0 Å². The van der Waals surface area contributed by atoms with E-state index < -0.39 is 5.60 Å². The molecule has 0 spiro atoms. The molecule has 1 aliphatic heterocycles. The molecule has 0 saturated heterocycles. The number of rotatable bonds is 2. The van der Waals surface area contributed by atoms with Crippen molar-refractivity contribution in [1.82, 2.24) is 0 Å². The summed E-state index contributed by atoms with van der Waals surface area (Å²) in [5, 5.41) is 3.41. The predicted molar refractivity (Wildman–Crippen MR) is 95.8 cm³/mol. The Morgan fingerprint density at radius 2 is 1.52 bits per heavy atom. The molecule has 0 aromatic heterocycles. The molecular weight excluding hydrogens is 314 g/mol. The fourth-order valence-corrected chi connectivity index (χ4v) is 3.56. The first-order chi connectivity index (χ1) is 12.0. The number of ketones is 2. The van der Waals surface area contributed by atoms with Crippen molar-refractivity contribution in [2.75, 3.05) is 5.32 Å². The van der Waals surface area contributed by atoms with Gasteiger partial charge in [-0.3, -0.25) is 9.59 Å².